The molecular formula is C35H50ClN7. The number of halogens is 1. The van der Waals surface area contributed by atoms with Crippen LogP contribution >= 0.6 is 12.4 Å². The first-order valence-corrected chi connectivity index (χ1v) is 16.2. The number of imidazole rings is 1. The fraction of sp³-hybridized carbons (Fsp3) is 0.514. The summed E-state index contributed by atoms with van der Waals surface area (Å²) in [5, 5.41) is 7.30. The lowest BCUT2D eigenvalue weighted by Gasteiger charge is -2.37. The predicted molar refractivity (Wildman–Crippen MR) is 183 cm³/mol. The first-order chi connectivity index (χ1) is 20.6. The van der Waals surface area contributed by atoms with Gasteiger partial charge in [0.1, 0.15) is 0 Å². The minimum Gasteiger partial charge on any atom is -0.364 e. The van der Waals surface area contributed by atoms with Crippen molar-refractivity contribution in [1.82, 2.24) is 24.4 Å². The fourth-order valence-corrected chi connectivity index (χ4v) is 6.08. The molecular weight excluding hydrogens is 554 g/mol. The van der Waals surface area contributed by atoms with Crippen LogP contribution < -0.4 is 10.6 Å². The van der Waals surface area contributed by atoms with Gasteiger partial charge in [0.05, 0.1) is 6.33 Å². The van der Waals surface area contributed by atoms with E-state index in [0.717, 1.165) is 29.8 Å². The van der Waals surface area contributed by atoms with Crippen LogP contribution in [0.2, 0.25) is 0 Å². The highest BCUT2D eigenvalue weighted by atomic mass is 35.5. The number of hydrogen-bond donors (Lipinski definition) is 2. The second-order valence-corrected chi connectivity index (χ2v) is 12.1. The first-order valence-electron chi connectivity index (χ1n) is 16.2. The van der Waals surface area contributed by atoms with Gasteiger partial charge in [0, 0.05) is 24.7 Å². The molecule has 0 atom stereocenters. The van der Waals surface area contributed by atoms with Crippen LogP contribution in [0.5, 0.6) is 0 Å². The lowest BCUT2D eigenvalue weighted by molar-refractivity contribution is 0.148. The summed E-state index contributed by atoms with van der Waals surface area (Å²) in [6.07, 6.45) is 11.8. The van der Waals surface area contributed by atoms with Crippen molar-refractivity contribution in [1.29, 1.82) is 0 Å². The summed E-state index contributed by atoms with van der Waals surface area (Å²) in [5.41, 5.74) is 5.35. The maximum Gasteiger partial charge on any atom is 0.227 e. The number of nitrogens with zero attached hydrogens (tertiary/aromatic N) is 5. The summed E-state index contributed by atoms with van der Waals surface area (Å²) in [5.74, 6) is 1.48. The Balaban J connectivity index is 0.00000423. The van der Waals surface area contributed by atoms with Crippen LogP contribution in [-0.2, 0) is 6.54 Å². The number of fused-ring (bicyclic) bond motifs is 1. The Kier molecular flexibility index (Phi) is 12.2. The molecule has 0 unspecified atom stereocenters. The molecule has 1 saturated carbocycles. The van der Waals surface area contributed by atoms with Crippen molar-refractivity contribution in [2.45, 2.75) is 104 Å². The molecule has 2 aromatic carbocycles. The number of rotatable bonds is 14. The summed E-state index contributed by atoms with van der Waals surface area (Å²) < 4.78 is 2.14. The van der Waals surface area contributed by atoms with Crippen molar-refractivity contribution >= 4 is 35.3 Å². The summed E-state index contributed by atoms with van der Waals surface area (Å²) in [4.78, 5) is 17.4. The summed E-state index contributed by atoms with van der Waals surface area (Å²) >= 11 is 0. The molecule has 0 spiro atoms. The van der Waals surface area contributed by atoms with E-state index in [9.17, 15) is 0 Å². The molecule has 1 aliphatic rings. The zero-order valence-corrected chi connectivity index (χ0v) is 27.2. The topological polar surface area (TPSA) is 70.9 Å². The van der Waals surface area contributed by atoms with Gasteiger partial charge in [0.2, 0.25) is 5.95 Å². The number of nitrogens with one attached hydrogen (secondary N) is 2. The number of benzene rings is 2. The van der Waals surface area contributed by atoms with Crippen LogP contribution in [0, 0.1) is 0 Å². The van der Waals surface area contributed by atoms with Crippen LogP contribution in [0.1, 0.15) is 90.7 Å². The Hall–Kier alpha value is -3.16. The molecule has 1 aliphatic carbocycles. The van der Waals surface area contributed by atoms with E-state index in [2.05, 4.69) is 102 Å². The molecule has 0 saturated heterocycles. The minimum atomic E-state index is 0. The standard InChI is InChI=1S/C35H49N7.ClH/c1-5-7-22-41(23-8-6-2)31-20-18-30(19-21-31)38-35-39-33(32-34(40-35)42(25-37-32)26(3)4)36-24-27-14-16-29(17-15-27)28-12-10-9-11-13-28;/h9-17,25-26,30-31H,5-8,18-24H2,1-4H3,(H2,36,38,39,40);1H. The number of hydrogen-bond acceptors (Lipinski definition) is 6. The normalized spacial score (nSPS) is 16.9. The SMILES string of the molecule is CCCCN(CCCC)C1CCC(Nc2nc(NCc3ccc(-c4ccccc4)cc3)c3ncn(C(C)C)c3n2)CC1.Cl. The van der Waals surface area contributed by atoms with Gasteiger partial charge in [0.15, 0.2) is 17.0 Å². The van der Waals surface area contributed by atoms with E-state index in [1.54, 1.807) is 0 Å². The maximum absolute atomic E-state index is 4.97. The summed E-state index contributed by atoms with van der Waals surface area (Å²) in [7, 11) is 0. The van der Waals surface area contributed by atoms with E-state index >= 15 is 0 Å². The van der Waals surface area contributed by atoms with E-state index in [1.807, 2.05) is 6.33 Å². The van der Waals surface area contributed by atoms with Gasteiger partial charge >= 0.3 is 0 Å². The largest absolute Gasteiger partial charge is 0.364 e. The van der Waals surface area contributed by atoms with Gasteiger partial charge in [-0.2, -0.15) is 9.97 Å². The zero-order valence-electron chi connectivity index (χ0n) is 26.4. The second kappa shape index (κ2) is 16.1. The Morgan fingerprint density at radius 1 is 0.860 bits per heavy atom. The summed E-state index contributed by atoms with van der Waals surface area (Å²) in [6.45, 7) is 12.1. The Labute approximate surface area is 264 Å². The molecule has 2 heterocycles. The average molecular weight is 604 g/mol. The smallest absolute Gasteiger partial charge is 0.227 e. The van der Waals surface area contributed by atoms with Crippen molar-refractivity contribution in [3.8, 4) is 11.1 Å². The van der Waals surface area contributed by atoms with E-state index in [-0.39, 0.29) is 18.4 Å². The van der Waals surface area contributed by atoms with Crippen molar-refractivity contribution in [2.75, 3.05) is 23.7 Å². The Morgan fingerprint density at radius 3 is 2.14 bits per heavy atom. The molecule has 1 fully saturated rings. The van der Waals surface area contributed by atoms with Crippen LogP contribution in [0.25, 0.3) is 22.3 Å². The summed E-state index contributed by atoms with van der Waals surface area (Å²) in [6, 6.07) is 20.6. The molecule has 0 amide bonds. The number of aromatic nitrogens is 4. The zero-order chi connectivity index (χ0) is 29.3. The van der Waals surface area contributed by atoms with E-state index in [1.165, 1.54) is 68.3 Å². The highest BCUT2D eigenvalue weighted by molar-refractivity contribution is 5.85. The first kappa shape index (κ1) is 32.7. The van der Waals surface area contributed by atoms with E-state index in [0.29, 0.717) is 24.6 Å². The highest BCUT2D eigenvalue weighted by Crippen LogP contribution is 2.29. The van der Waals surface area contributed by atoms with Crippen LogP contribution in [0.15, 0.2) is 60.9 Å². The predicted octanol–water partition coefficient (Wildman–Crippen LogP) is 8.73. The highest BCUT2D eigenvalue weighted by Gasteiger charge is 2.26. The molecule has 43 heavy (non-hydrogen) atoms. The Morgan fingerprint density at radius 2 is 1.51 bits per heavy atom. The number of anilines is 2. The molecule has 2 aromatic heterocycles. The minimum absolute atomic E-state index is 0. The third-order valence-corrected chi connectivity index (χ3v) is 8.64. The van der Waals surface area contributed by atoms with Gasteiger partial charge in [0.25, 0.3) is 0 Å². The molecule has 5 rings (SSSR count). The molecule has 7 nitrogen and oxygen atoms in total. The van der Waals surface area contributed by atoms with E-state index < -0.39 is 0 Å². The lowest BCUT2D eigenvalue weighted by Crippen LogP contribution is -2.41. The van der Waals surface area contributed by atoms with Gasteiger partial charge in [-0.15, -0.1) is 12.4 Å². The third-order valence-electron chi connectivity index (χ3n) is 8.64. The fourth-order valence-electron chi connectivity index (χ4n) is 6.08. The maximum atomic E-state index is 4.97. The molecule has 8 heteroatoms. The van der Waals surface area contributed by atoms with Crippen molar-refractivity contribution in [2.24, 2.45) is 0 Å². The van der Waals surface area contributed by atoms with Crippen LogP contribution in [-0.4, -0.2) is 49.6 Å². The van der Waals surface area contributed by atoms with Crippen LogP contribution in [0.4, 0.5) is 11.8 Å². The monoisotopic (exact) mass is 603 g/mol. The van der Waals surface area contributed by atoms with Crippen LogP contribution in [0.3, 0.4) is 0 Å². The van der Waals surface area contributed by atoms with Crippen molar-refractivity contribution < 1.29 is 0 Å². The van der Waals surface area contributed by atoms with Gasteiger partial charge in [-0.05, 0) is 82.2 Å². The molecule has 0 aliphatic heterocycles. The Bertz CT molecular complexity index is 1370. The average Bonchev–Trinajstić information content (AvgIpc) is 3.46. The molecule has 0 radical (unpaired) electrons. The molecule has 4 aromatic rings. The van der Waals surface area contributed by atoms with Crippen molar-refractivity contribution in [3.05, 3.63) is 66.5 Å². The van der Waals surface area contributed by atoms with E-state index in [4.69, 9.17) is 15.0 Å². The molecule has 0 bridgehead atoms. The quantitative estimate of drug-likeness (QED) is 0.150. The third kappa shape index (κ3) is 8.48. The number of unbranched alkanes of at least 4 members (excludes halogenated alkanes) is 2. The van der Waals surface area contributed by atoms with Crippen molar-refractivity contribution in [3.63, 3.8) is 0 Å². The molecule has 2 N–H and O–H groups in total. The van der Waals surface area contributed by atoms with Gasteiger partial charge in [-0.1, -0.05) is 81.3 Å². The van der Waals surface area contributed by atoms with Gasteiger partial charge in [-0.25, -0.2) is 4.98 Å². The lowest BCUT2D eigenvalue weighted by atomic mass is 9.90. The van der Waals surface area contributed by atoms with Gasteiger partial charge < -0.3 is 20.1 Å². The van der Waals surface area contributed by atoms with Gasteiger partial charge in [-0.3, -0.25) is 0 Å². The second-order valence-electron chi connectivity index (χ2n) is 12.1. The molecule has 232 valence electrons.